The molecule has 1 aliphatic heterocycles. The van der Waals surface area contributed by atoms with Crippen LogP contribution in [0.5, 0.6) is 5.75 Å². The molecule has 0 radical (unpaired) electrons. The molecule has 5 heteroatoms. The Morgan fingerprint density at radius 2 is 2.04 bits per heavy atom. The fraction of sp³-hybridized carbons (Fsp3) is 0.650. The van der Waals surface area contributed by atoms with Crippen LogP contribution in [-0.2, 0) is 9.53 Å². The van der Waals surface area contributed by atoms with Gasteiger partial charge in [-0.25, -0.2) is 0 Å². The van der Waals surface area contributed by atoms with Gasteiger partial charge in [0.1, 0.15) is 18.0 Å². The van der Waals surface area contributed by atoms with Crippen LogP contribution in [0, 0.1) is 5.92 Å². The molecule has 140 valence electrons. The minimum atomic E-state index is -0.838. The third-order valence-corrected chi connectivity index (χ3v) is 4.58. The van der Waals surface area contributed by atoms with E-state index in [1.54, 1.807) is 13.8 Å². The molecular formula is C20H32N2O3. The number of anilines is 1. The molecule has 1 aromatic carbocycles. The number of benzene rings is 1. The van der Waals surface area contributed by atoms with Crippen LogP contribution in [0.1, 0.15) is 40.5 Å². The molecule has 1 aliphatic rings. The van der Waals surface area contributed by atoms with Gasteiger partial charge >= 0.3 is 0 Å². The number of likely N-dealkylation sites (tertiary alicyclic amines) is 1. The van der Waals surface area contributed by atoms with Crippen LogP contribution in [0.15, 0.2) is 24.3 Å². The lowest BCUT2D eigenvalue weighted by molar-refractivity contribution is -0.136. The lowest BCUT2D eigenvalue weighted by Gasteiger charge is -2.30. The van der Waals surface area contributed by atoms with Crippen molar-refractivity contribution in [1.82, 2.24) is 4.90 Å². The van der Waals surface area contributed by atoms with Crippen molar-refractivity contribution in [1.29, 1.82) is 0 Å². The number of amides is 1. The van der Waals surface area contributed by atoms with E-state index in [1.165, 1.54) is 25.9 Å². The molecule has 1 fully saturated rings. The third-order valence-electron chi connectivity index (χ3n) is 4.58. The number of nitrogens with zero attached hydrogens (tertiary/aromatic N) is 1. The summed E-state index contributed by atoms with van der Waals surface area (Å²) in [7, 11) is 0. The van der Waals surface area contributed by atoms with Gasteiger partial charge in [0.2, 0.25) is 0 Å². The van der Waals surface area contributed by atoms with E-state index in [0.717, 1.165) is 23.9 Å². The highest BCUT2D eigenvalue weighted by Gasteiger charge is 2.27. The standard InChI is InChI=1S/C20H32N2O3/c1-5-25-20(3,4)19(23)21-17-8-10-18(11-9-17)24-14-13-22-12-6-7-16(2)15-22/h8-11,16H,5-7,12-15H2,1-4H3,(H,21,23)/t16-/m1/s1. The fourth-order valence-corrected chi connectivity index (χ4v) is 3.12. The molecule has 1 aromatic rings. The summed E-state index contributed by atoms with van der Waals surface area (Å²) in [6.07, 6.45) is 2.62. The van der Waals surface area contributed by atoms with Gasteiger partial charge in [-0.15, -0.1) is 0 Å². The highest BCUT2D eigenvalue weighted by molar-refractivity contribution is 5.96. The second-order valence-electron chi connectivity index (χ2n) is 7.32. The maximum atomic E-state index is 12.2. The molecule has 1 saturated heterocycles. The van der Waals surface area contributed by atoms with Crippen molar-refractivity contribution in [3.63, 3.8) is 0 Å². The van der Waals surface area contributed by atoms with Gasteiger partial charge in [-0.3, -0.25) is 9.69 Å². The molecule has 0 saturated carbocycles. The maximum Gasteiger partial charge on any atom is 0.256 e. The molecule has 0 aliphatic carbocycles. The predicted molar refractivity (Wildman–Crippen MR) is 101 cm³/mol. The Labute approximate surface area is 151 Å². The van der Waals surface area contributed by atoms with E-state index in [4.69, 9.17) is 9.47 Å². The lowest BCUT2D eigenvalue weighted by atomic mass is 10.0. The average Bonchev–Trinajstić information content (AvgIpc) is 2.56. The Bertz CT molecular complexity index is 542. The second-order valence-corrected chi connectivity index (χ2v) is 7.32. The van der Waals surface area contributed by atoms with Gasteiger partial charge in [0, 0.05) is 25.4 Å². The number of rotatable bonds is 8. The number of nitrogens with one attached hydrogen (secondary N) is 1. The van der Waals surface area contributed by atoms with Crippen molar-refractivity contribution < 1.29 is 14.3 Å². The average molecular weight is 348 g/mol. The Morgan fingerprint density at radius 3 is 2.68 bits per heavy atom. The SMILES string of the molecule is CCOC(C)(C)C(=O)Nc1ccc(OCCN2CCC[C@@H](C)C2)cc1. The topological polar surface area (TPSA) is 50.8 Å². The van der Waals surface area contributed by atoms with Gasteiger partial charge in [-0.1, -0.05) is 6.92 Å². The van der Waals surface area contributed by atoms with Gasteiger partial charge in [-0.05, 0) is 70.3 Å². The predicted octanol–water partition coefficient (Wildman–Crippen LogP) is 3.55. The zero-order chi connectivity index (χ0) is 18.3. The first-order chi connectivity index (χ1) is 11.9. The van der Waals surface area contributed by atoms with Crippen molar-refractivity contribution in [2.75, 3.05) is 38.2 Å². The van der Waals surface area contributed by atoms with E-state index < -0.39 is 5.60 Å². The summed E-state index contributed by atoms with van der Waals surface area (Å²) in [6.45, 7) is 12.2. The largest absolute Gasteiger partial charge is 0.492 e. The summed E-state index contributed by atoms with van der Waals surface area (Å²) in [5.41, 5.74) is -0.0924. The van der Waals surface area contributed by atoms with Crippen molar-refractivity contribution in [2.45, 2.75) is 46.1 Å². The highest BCUT2D eigenvalue weighted by atomic mass is 16.5. The number of hydrogen-bond acceptors (Lipinski definition) is 4. The Balaban J connectivity index is 1.76. The number of ether oxygens (including phenoxy) is 2. The molecule has 25 heavy (non-hydrogen) atoms. The van der Waals surface area contributed by atoms with Crippen LogP contribution in [0.3, 0.4) is 0 Å². The molecule has 1 heterocycles. The number of piperidine rings is 1. The van der Waals surface area contributed by atoms with Crippen molar-refractivity contribution in [2.24, 2.45) is 5.92 Å². The monoisotopic (exact) mass is 348 g/mol. The first-order valence-corrected chi connectivity index (χ1v) is 9.31. The van der Waals surface area contributed by atoms with Gasteiger partial charge in [-0.2, -0.15) is 0 Å². The van der Waals surface area contributed by atoms with Crippen LogP contribution in [-0.4, -0.2) is 49.3 Å². The molecule has 5 nitrogen and oxygen atoms in total. The molecule has 0 aromatic heterocycles. The van der Waals surface area contributed by atoms with Crippen molar-refractivity contribution >= 4 is 11.6 Å². The van der Waals surface area contributed by atoms with Crippen LogP contribution >= 0.6 is 0 Å². The molecule has 1 N–H and O–H groups in total. The van der Waals surface area contributed by atoms with E-state index in [-0.39, 0.29) is 5.91 Å². The summed E-state index contributed by atoms with van der Waals surface area (Å²) in [5, 5.41) is 2.88. The van der Waals surface area contributed by atoms with Crippen LogP contribution in [0.2, 0.25) is 0 Å². The lowest BCUT2D eigenvalue weighted by Crippen LogP contribution is -2.39. The molecule has 1 atom stereocenters. The molecule has 1 amide bonds. The molecule has 0 unspecified atom stereocenters. The Kier molecular flexibility index (Phi) is 7.26. The van der Waals surface area contributed by atoms with Gasteiger partial charge in [0.05, 0.1) is 0 Å². The first-order valence-electron chi connectivity index (χ1n) is 9.31. The van der Waals surface area contributed by atoms with Gasteiger partial charge in [0.15, 0.2) is 0 Å². The number of carbonyl (C=O) groups is 1. The number of hydrogen-bond donors (Lipinski definition) is 1. The van der Waals surface area contributed by atoms with Gasteiger partial charge in [0.25, 0.3) is 5.91 Å². The van der Waals surface area contributed by atoms with Crippen LogP contribution in [0.25, 0.3) is 0 Å². The van der Waals surface area contributed by atoms with Crippen molar-refractivity contribution in [3.05, 3.63) is 24.3 Å². The number of carbonyl (C=O) groups excluding carboxylic acids is 1. The summed E-state index contributed by atoms with van der Waals surface area (Å²) >= 11 is 0. The van der Waals surface area contributed by atoms with Crippen LogP contribution < -0.4 is 10.1 Å². The molecule has 0 bridgehead atoms. The van der Waals surface area contributed by atoms with E-state index in [9.17, 15) is 4.79 Å². The fourth-order valence-electron chi connectivity index (χ4n) is 3.12. The van der Waals surface area contributed by atoms with E-state index in [1.807, 2.05) is 31.2 Å². The minimum Gasteiger partial charge on any atom is -0.492 e. The van der Waals surface area contributed by atoms with Crippen molar-refractivity contribution in [3.8, 4) is 5.75 Å². The van der Waals surface area contributed by atoms with E-state index >= 15 is 0 Å². The zero-order valence-electron chi connectivity index (χ0n) is 16.0. The second kappa shape index (κ2) is 9.20. The quantitative estimate of drug-likeness (QED) is 0.780. The molecule has 0 spiro atoms. The summed E-state index contributed by atoms with van der Waals surface area (Å²) in [5.74, 6) is 1.46. The van der Waals surface area contributed by atoms with E-state index in [2.05, 4.69) is 17.1 Å². The molecular weight excluding hydrogens is 316 g/mol. The third kappa shape index (κ3) is 6.33. The summed E-state index contributed by atoms with van der Waals surface area (Å²) in [6, 6.07) is 7.50. The Morgan fingerprint density at radius 1 is 1.32 bits per heavy atom. The van der Waals surface area contributed by atoms with Crippen LogP contribution in [0.4, 0.5) is 5.69 Å². The Hall–Kier alpha value is -1.59. The molecule has 2 rings (SSSR count). The van der Waals surface area contributed by atoms with Gasteiger partial charge < -0.3 is 14.8 Å². The highest BCUT2D eigenvalue weighted by Crippen LogP contribution is 2.19. The summed E-state index contributed by atoms with van der Waals surface area (Å²) < 4.78 is 11.3. The smallest absolute Gasteiger partial charge is 0.256 e. The van der Waals surface area contributed by atoms with E-state index in [0.29, 0.717) is 13.2 Å². The first kappa shape index (κ1) is 19.7. The normalized spacial score (nSPS) is 18.8. The maximum absolute atomic E-state index is 12.2. The summed E-state index contributed by atoms with van der Waals surface area (Å²) in [4.78, 5) is 14.7. The zero-order valence-corrected chi connectivity index (χ0v) is 16.0. The minimum absolute atomic E-state index is 0.151.